The van der Waals surface area contributed by atoms with E-state index < -0.39 is 10.8 Å². The molecule has 4 unspecified atom stereocenters. The van der Waals surface area contributed by atoms with Gasteiger partial charge in [-0.15, -0.1) is 0 Å². The Morgan fingerprint density at radius 3 is 2.79 bits per heavy atom. The van der Waals surface area contributed by atoms with E-state index in [9.17, 15) is 4.21 Å². The quantitative estimate of drug-likeness (QED) is 0.897. The molecule has 3 heteroatoms. The van der Waals surface area contributed by atoms with E-state index in [-0.39, 0.29) is 16.5 Å². The topological polar surface area (TPSA) is 29.1 Å². The van der Waals surface area contributed by atoms with Crippen molar-refractivity contribution in [3.63, 3.8) is 0 Å². The maximum absolute atomic E-state index is 12.7. The molecule has 0 spiro atoms. The first-order valence-corrected chi connectivity index (χ1v) is 8.67. The molecule has 0 saturated heterocycles. The summed E-state index contributed by atoms with van der Waals surface area (Å²) in [5, 5.41) is 4.10. The molecule has 0 amide bonds. The van der Waals surface area contributed by atoms with Gasteiger partial charge in [0, 0.05) is 22.1 Å². The van der Waals surface area contributed by atoms with Gasteiger partial charge in [0.2, 0.25) is 0 Å². The van der Waals surface area contributed by atoms with Gasteiger partial charge in [0.15, 0.2) is 0 Å². The molecular weight excluding hydrogens is 254 g/mol. The van der Waals surface area contributed by atoms with Crippen LogP contribution in [0.2, 0.25) is 0 Å². The van der Waals surface area contributed by atoms with Crippen molar-refractivity contribution in [1.82, 2.24) is 5.32 Å². The minimum absolute atomic E-state index is 0.254. The van der Waals surface area contributed by atoms with E-state index in [0.29, 0.717) is 0 Å². The lowest BCUT2D eigenvalue weighted by atomic mass is 9.87. The predicted octanol–water partition coefficient (Wildman–Crippen LogP) is 3.20. The van der Waals surface area contributed by atoms with E-state index in [0.717, 1.165) is 25.8 Å². The van der Waals surface area contributed by atoms with Gasteiger partial charge in [-0.05, 0) is 36.9 Å². The number of hydrogen-bond donors (Lipinski definition) is 1. The van der Waals surface area contributed by atoms with Gasteiger partial charge in [0.1, 0.15) is 0 Å². The molecule has 1 aromatic carbocycles. The van der Waals surface area contributed by atoms with Crippen LogP contribution in [0.4, 0.5) is 0 Å². The smallest absolute Gasteiger partial charge is 0.0548 e. The number of benzene rings is 1. The maximum Gasteiger partial charge on any atom is 0.0548 e. The van der Waals surface area contributed by atoms with Crippen molar-refractivity contribution in [3.8, 4) is 0 Å². The molecule has 0 fully saturated rings. The van der Waals surface area contributed by atoms with E-state index >= 15 is 0 Å². The molecule has 1 aliphatic carbocycles. The Labute approximate surface area is 119 Å². The van der Waals surface area contributed by atoms with E-state index in [2.05, 4.69) is 50.4 Å². The highest BCUT2D eigenvalue weighted by atomic mass is 32.2. The lowest BCUT2D eigenvalue weighted by Crippen LogP contribution is -2.40. The summed E-state index contributed by atoms with van der Waals surface area (Å²) in [5.41, 5.74) is 2.78. The standard InChI is InChI=1S/C16H25NOS/c1-4-12(3)19(18)15-11-10-13-8-6-7-9-14(13)16(15)17-5-2/h6-9,12,15-17H,4-5,10-11H2,1-3H3. The Morgan fingerprint density at radius 1 is 1.37 bits per heavy atom. The minimum Gasteiger partial charge on any atom is -0.309 e. The molecule has 0 bridgehead atoms. The zero-order valence-electron chi connectivity index (χ0n) is 12.2. The van der Waals surface area contributed by atoms with Gasteiger partial charge in [-0.25, -0.2) is 0 Å². The first kappa shape index (κ1) is 14.7. The predicted molar refractivity (Wildman–Crippen MR) is 82.9 cm³/mol. The summed E-state index contributed by atoms with van der Waals surface area (Å²) in [7, 11) is -0.753. The van der Waals surface area contributed by atoms with Crippen LogP contribution in [-0.2, 0) is 17.2 Å². The summed E-state index contributed by atoms with van der Waals surface area (Å²) < 4.78 is 12.7. The van der Waals surface area contributed by atoms with Crippen LogP contribution in [0.15, 0.2) is 24.3 Å². The summed E-state index contributed by atoms with van der Waals surface area (Å²) in [4.78, 5) is 0. The molecule has 0 saturated carbocycles. The fraction of sp³-hybridized carbons (Fsp3) is 0.625. The average molecular weight is 279 g/mol. The molecule has 2 rings (SSSR count). The zero-order valence-corrected chi connectivity index (χ0v) is 13.0. The molecule has 1 aromatic rings. The lowest BCUT2D eigenvalue weighted by molar-refractivity contribution is 0.472. The van der Waals surface area contributed by atoms with E-state index in [1.807, 2.05) is 0 Å². The molecule has 0 aliphatic heterocycles. The summed E-state index contributed by atoms with van der Waals surface area (Å²) in [6, 6.07) is 8.86. The molecular formula is C16H25NOS. The fourth-order valence-electron chi connectivity index (χ4n) is 2.90. The van der Waals surface area contributed by atoms with Crippen molar-refractivity contribution in [2.75, 3.05) is 6.54 Å². The SMILES string of the molecule is CCNC1c2ccccc2CCC1S(=O)C(C)CC. The summed E-state index contributed by atoms with van der Waals surface area (Å²) in [6.45, 7) is 7.29. The molecule has 0 radical (unpaired) electrons. The minimum atomic E-state index is -0.753. The van der Waals surface area contributed by atoms with E-state index in [1.165, 1.54) is 11.1 Å². The van der Waals surface area contributed by atoms with Crippen molar-refractivity contribution in [3.05, 3.63) is 35.4 Å². The molecule has 2 nitrogen and oxygen atoms in total. The van der Waals surface area contributed by atoms with Gasteiger partial charge in [0.25, 0.3) is 0 Å². The maximum atomic E-state index is 12.7. The van der Waals surface area contributed by atoms with Crippen LogP contribution in [0.3, 0.4) is 0 Å². The van der Waals surface area contributed by atoms with Crippen molar-refractivity contribution in [2.24, 2.45) is 0 Å². The molecule has 106 valence electrons. The largest absolute Gasteiger partial charge is 0.309 e. The number of aryl methyl sites for hydroxylation is 1. The van der Waals surface area contributed by atoms with Crippen LogP contribution < -0.4 is 5.32 Å². The van der Waals surface area contributed by atoms with Gasteiger partial charge in [0.05, 0.1) is 5.25 Å². The molecule has 1 N–H and O–H groups in total. The number of fused-ring (bicyclic) bond motifs is 1. The Kier molecular flexibility index (Phi) is 5.17. The monoisotopic (exact) mass is 279 g/mol. The third-order valence-corrected chi connectivity index (χ3v) is 6.39. The summed E-state index contributed by atoms with van der Waals surface area (Å²) >= 11 is 0. The van der Waals surface area contributed by atoms with Crippen LogP contribution in [-0.4, -0.2) is 21.3 Å². The van der Waals surface area contributed by atoms with Crippen LogP contribution in [0.25, 0.3) is 0 Å². The highest BCUT2D eigenvalue weighted by Crippen LogP contribution is 2.34. The summed E-state index contributed by atoms with van der Waals surface area (Å²) in [6.07, 6.45) is 3.08. The number of hydrogen-bond acceptors (Lipinski definition) is 2. The Bertz CT molecular complexity index is 446. The molecule has 0 aromatic heterocycles. The van der Waals surface area contributed by atoms with E-state index in [4.69, 9.17) is 0 Å². The van der Waals surface area contributed by atoms with Gasteiger partial charge >= 0.3 is 0 Å². The van der Waals surface area contributed by atoms with Crippen molar-refractivity contribution < 1.29 is 4.21 Å². The number of nitrogens with one attached hydrogen (secondary N) is 1. The normalized spacial score (nSPS) is 25.6. The Balaban J connectivity index is 2.29. The number of rotatable bonds is 5. The second-order valence-electron chi connectivity index (χ2n) is 5.36. The van der Waals surface area contributed by atoms with Crippen LogP contribution in [0.5, 0.6) is 0 Å². The van der Waals surface area contributed by atoms with Crippen molar-refractivity contribution in [2.45, 2.75) is 56.6 Å². The highest BCUT2D eigenvalue weighted by molar-refractivity contribution is 7.86. The third-order valence-electron chi connectivity index (χ3n) is 4.15. The van der Waals surface area contributed by atoms with Gasteiger partial charge < -0.3 is 5.32 Å². The first-order chi connectivity index (χ1) is 9.19. The molecule has 1 aliphatic rings. The zero-order chi connectivity index (χ0) is 13.8. The lowest BCUT2D eigenvalue weighted by Gasteiger charge is -2.35. The Hall–Kier alpha value is -0.670. The Morgan fingerprint density at radius 2 is 2.11 bits per heavy atom. The van der Waals surface area contributed by atoms with Gasteiger partial charge in [-0.3, -0.25) is 4.21 Å². The van der Waals surface area contributed by atoms with Gasteiger partial charge in [-0.1, -0.05) is 45.0 Å². The molecule has 4 atom stereocenters. The van der Waals surface area contributed by atoms with Crippen molar-refractivity contribution in [1.29, 1.82) is 0 Å². The van der Waals surface area contributed by atoms with Crippen LogP contribution >= 0.6 is 0 Å². The van der Waals surface area contributed by atoms with E-state index in [1.54, 1.807) is 0 Å². The third kappa shape index (κ3) is 3.09. The second kappa shape index (κ2) is 6.67. The highest BCUT2D eigenvalue weighted by Gasteiger charge is 2.34. The molecule has 19 heavy (non-hydrogen) atoms. The van der Waals surface area contributed by atoms with Crippen molar-refractivity contribution >= 4 is 10.8 Å². The molecule has 0 heterocycles. The average Bonchev–Trinajstić information content (AvgIpc) is 2.46. The second-order valence-corrected chi connectivity index (χ2v) is 7.43. The van der Waals surface area contributed by atoms with Gasteiger partial charge in [-0.2, -0.15) is 0 Å². The summed E-state index contributed by atoms with van der Waals surface area (Å²) in [5.74, 6) is 0. The van der Waals surface area contributed by atoms with Crippen LogP contribution in [0.1, 0.15) is 50.8 Å². The first-order valence-electron chi connectivity index (χ1n) is 7.39. The van der Waals surface area contributed by atoms with Crippen LogP contribution in [0, 0.1) is 0 Å². The fourth-order valence-corrected chi connectivity index (χ4v) is 4.69.